The van der Waals surface area contributed by atoms with Gasteiger partial charge in [0, 0.05) is 24.5 Å². The van der Waals surface area contributed by atoms with Gasteiger partial charge in [-0.1, -0.05) is 6.08 Å². The van der Waals surface area contributed by atoms with Crippen molar-refractivity contribution in [1.82, 2.24) is 0 Å². The van der Waals surface area contributed by atoms with Crippen LogP contribution in [0, 0.1) is 5.41 Å². The van der Waals surface area contributed by atoms with Gasteiger partial charge in [-0.2, -0.15) is 0 Å². The van der Waals surface area contributed by atoms with E-state index >= 15 is 0 Å². The number of allylic oxidation sites excluding steroid dienone is 2. The molecule has 1 heterocycles. The molecule has 1 aromatic rings. The molecule has 0 spiro atoms. The molecule has 0 saturated carbocycles. The molecule has 2 aliphatic rings. The molecule has 28 heavy (non-hydrogen) atoms. The molecular weight excluding hydrogens is 360 g/mol. The lowest BCUT2D eigenvalue weighted by molar-refractivity contribution is -0.127. The van der Waals surface area contributed by atoms with Gasteiger partial charge in [-0.05, 0) is 37.5 Å². The molecule has 152 valence electrons. The third-order valence-corrected chi connectivity index (χ3v) is 5.85. The lowest BCUT2D eigenvalue weighted by atomic mass is 9.63. The molecule has 1 saturated heterocycles. The molecule has 6 nitrogen and oxygen atoms in total. The molecular formula is C22H28O6. The average Bonchev–Trinajstić information content (AvgIpc) is 2.96. The van der Waals surface area contributed by atoms with E-state index in [2.05, 4.69) is 6.58 Å². The van der Waals surface area contributed by atoms with Gasteiger partial charge in [0.1, 0.15) is 18.0 Å². The maximum absolute atomic E-state index is 12.4. The van der Waals surface area contributed by atoms with Crippen molar-refractivity contribution in [3.8, 4) is 17.2 Å². The Labute approximate surface area is 166 Å². The second-order valence-electron chi connectivity index (χ2n) is 7.25. The monoisotopic (exact) mass is 388 g/mol. The van der Waals surface area contributed by atoms with E-state index in [1.165, 1.54) is 0 Å². The lowest BCUT2D eigenvalue weighted by Gasteiger charge is -2.38. The van der Waals surface area contributed by atoms with Crippen molar-refractivity contribution in [2.75, 3.05) is 28.4 Å². The summed E-state index contributed by atoms with van der Waals surface area (Å²) in [6, 6.07) is 3.91. The molecule has 0 amide bonds. The van der Waals surface area contributed by atoms with Gasteiger partial charge < -0.3 is 23.7 Å². The minimum Gasteiger partial charge on any atom is -0.494 e. The molecule has 4 atom stereocenters. The summed E-state index contributed by atoms with van der Waals surface area (Å²) in [7, 11) is 6.34. The summed E-state index contributed by atoms with van der Waals surface area (Å²) < 4.78 is 28.2. The van der Waals surface area contributed by atoms with Gasteiger partial charge in [0.25, 0.3) is 0 Å². The summed E-state index contributed by atoms with van der Waals surface area (Å²) >= 11 is 0. The van der Waals surface area contributed by atoms with Crippen LogP contribution in [0.5, 0.6) is 17.2 Å². The Bertz CT molecular complexity index is 773. The van der Waals surface area contributed by atoms with Crippen molar-refractivity contribution in [2.24, 2.45) is 5.41 Å². The maximum atomic E-state index is 12.4. The van der Waals surface area contributed by atoms with Gasteiger partial charge in [0.2, 0.25) is 5.75 Å². The van der Waals surface area contributed by atoms with Crippen LogP contribution in [0.25, 0.3) is 0 Å². The van der Waals surface area contributed by atoms with Crippen LogP contribution in [0.2, 0.25) is 0 Å². The first-order chi connectivity index (χ1) is 13.4. The molecule has 0 aromatic heterocycles. The first kappa shape index (κ1) is 20.3. The third kappa shape index (κ3) is 3.05. The number of rotatable bonds is 7. The summed E-state index contributed by atoms with van der Waals surface area (Å²) in [4.78, 5) is 12.4. The molecule has 3 rings (SSSR count). The van der Waals surface area contributed by atoms with Gasteiger partial charge in [0.15, 0.2) is 17.3 Å². The summed E-state index contributed by atoms with van der Waals surface area (Å²) in [5.74, 6) is 2.33. The molecule has 0 N–H and O–H groups in total. The zero-order valence-corrected chi connectivity index (χ0v) is 17.1. The fourth-order valence-electron chi connectivity index (χ4n) is 4.69. The number of carbonyl (C=O) groups is 1. The smallest absolute Gasteiger partial charge is 0.203 e. The lowest BCUT2D eigenvalue weighted by Crippen LogP contribution is -2.39. The van der Waals surface area contributed by atoms with Crippen molar-refractivity contribution in [2.45, 2.75) is 37.9 Å². The third-order valence-electron chi connectivity index (χ3n) is 5.85. The van der Waals surface area contributed by atoms with Gasteiger partial charge >= 0.3 is 0 Å². The highest BCUT2D eigenvalue weighted by Crippen LogP contribution is 2.59. The van der Waals surface area contributed by atoms with E-state index in [1.807, 2.05) is 25.1 Å². The molecule has 6 heteroatoms. The topological polar surface area (TPSA) is 63.2 Å². The number of benzene rings is 1. The Balaban J connectivity index is 2.18. The Morgan fingerprint density at radius 3 is 2.32 bits per heavy atom. The average molecular weight is 388 g/mol. The summed E-state index contributed by atoms with van der Waals surface area (Å²) in [5, 5.41) is 0. The van der Waals surface area contributed by atoms with Crippen molar-refractivity contribution in [3.63, 3.8) is 0 Å². The van der Waals surface area contributed by atoms with Crippen LogP contribution in [-0.4, -0.2) is 46.4 Å². The highest BCUT2D eigenvalue weighted by Gasteiger charge is 2.56. The van der Waals surface area contributed by atoms with Crippen LogP contribution in [0.3, 0.4) is 0 Å². The highest BCUT2D eigenvalue weighted by atomic mass is 16.5. The van der Waals surface area contributed by atoms with Crippen LogP contribution in [0.1, 0.15) is 31.2 Å². The molecule has 0 radical (unpaired) electrons. The molecule has 1 aliphatic carbocycles. The Morgan fingerprint density at radius 1 is 1.18 bits per heavy atom. The van der Waals surface area contributed by atoms with E-state index in [1.54, 1.807) is 34.5 Å². The van der Waals surface area contributed by atoms with E-state index in [0.29, 0.717) is 35.8 Å². The molecule has 1 aromatic carbocycles. The standard InChI is InChI=1S/C22H28O6/c1-7-8-22-12-18(26-5)15(23)11-19(22)28-13(2)20(22)14-9-16(24-3)21(27-6)17(10-14)25-4/h7,9-11,13,18,20H,1,8,12H2,2-6H3/t13-,18+,20+,22-/m0/s1. The van der Waals surface area contributed by atoms with Crippen molar-refractivity contribution < 1.29 is 28.5 Å². The van der Waals surface area contributed by atoms with E-state index in [-0.39, 0.29) is 17.8 Å². The van der Waals surface area contributed by atoms with Crippen LogP contribution in [0.4, 0.5) is 0 Å². The second-order valence-corrected chi connectivity index (χ2v) is 7.25. The maximum Gasteiger partial charge on any atom is 0.203 e. The second kappa shape index (κ2) is 7.87. The van der Waals surface area contributed by atoms with E-state index in [0.717, 1.165) is 5.56 Å². The van der Waals surface area contributed by atoms with Crippen LogP contribution in [0.15, 0.2) is 36.6 Å². The predicted molar refractivity (Wildman–Crippen MR) is 105 cm³/mol. The quantitative estimate of drug-likeness (QED) is 0.665. The van der Waals surface area contributed by atoms with Gasteiger partial charge in [-0.3, -0.25) is 4.79 Å². The van der Waals surface area contributed by atoms with Crippen LogP contribution >= 0.6 is 0 Å². The Kier molecular flexibility index (Phi) is 5.70. The highest BCUT2D eigenvalue weighted by molar-refractivity contribution is 5.95. The number of hydrogen-bond acceptors (Lipinski definition) is 6. The van der Waals surface area contributed by atoms with Gasteiger partial charge in [-0.15, -0.1) is 6.58 Å². The fourth-order valence-corrected chi connectivity index (χ4v) is 4.69. The minimum atomic E-state index is -0.498. The molecule has 1 fully saturated rings. The number of hydrogen-bond donors (Lipinski definition) is 0. The van der Waals surface area contributed by atoms with E-state index < -0.39 is 11.5 Å². The molecule has 0 unspecified atom stereocenters. The van der Waals surface area contributed by atoms with E-state index in [4.69, 9.17) is 23.7 Å². The molecule has 0 bridgehead atoms. The fraction of sp³-hybridized carbons (Fsp3) is 0.500. The Hall–Kier alpha value is -2.47. The van der Waals surface area contributed by atoms with Crippen molar-refractivity contribution >= 4 is 5.78 Å². The van der Waals surface area contributed by atoms with Gasteiger partial charge in [0.05, 0.1) is 21.3 Å². The van der Waals surface area contributed by atoms with Crippen molar-refractivity contribution in [1.29, 1.82) is 0 Å². The summed E-state index contributed by atoms with van der Waals surface area (Å²) in [6.45, 7) is 5.97. The number of ketones is 1. The molecule has 1 aliphatic heterocycles. The number of ether oxygens (including phenoxy) is 5. The summed E-state index contributed by atoms with van der Waals surface area (Å²) in [5.41, 5.74) is 0.580. The SMILES string of the molecule is C=CC[C@]12C[C@@H](OC)C(=O)C=C1O[C@@H](C)[C@@H]2c1cc(OC)c(OC)c(OC)c1. The zero-order chi connectivity index (χ0) is 20.5. The van der Waals surface area contributed by atoms with Crippen molar-refractivity contribution in [3.05, 3.63) is 42.2 Å². The summed E-state index contributed by atoms with van der Waals surface area (Å²) in [6.07, 6.45) is 4.03. The first-order valence-electron chi connectivity index (χ1n) is 9.32. The normalized spacial score (nSPS) is 28.8. The number of methoxy groups -OCH3 is 4. The van der Waals surface area contributed by atoms with Crippen LogP contribution in [-0.2, 0) is 14.3 Å². The van der Waals surface area contributed by atoms with E-state index in [9.17, 15) is 4.79 Å². The predicted octanol–water partition coefficient (Wildman–Crippen LogP) is 3.65. The first-order valence-corrected chi connectivity index (χ1v) is 9.32. The number of fused-ring (bicyclic) bond motifs is 1. The minimum absolute atomic E-state index is 0.0313. The van der Waals surface area contributed by atoms with Gasteiger partial charge in [-0.25, -0.2) is 0 Å². The zero-order valence-electron chi connectivity index (χ0n) is 17.1. The largest absolute Gasteiger partial charge is 0.494 e. The van der Waals surface area contributed by atoms with Crippen LogP contribution < -0.4 is 14.2 Å². The Morgan fingerprint density at radius 2 is 1.82 bits per heavy atom. The number of carbonyl (C=O) groups excluding carboxylic acids is 1.